The molecule has 14 aromatic rings. The summed E-state index contributed by atoms with van der Waals surface area (Å²) in [7, 11) is 0. The summed E-state index contributed by atoms with van der Waals surface area (Å²) >= 11 is 1.85. The summed E-state index contributed by atoms with van der Waals surface area (Å²) in [5.74, 6) is 1.77. The number of para-hydroxylation sites is 2. The molecule has 4 aromatic heterocycles. The number of hydrogen-bond donors (Lipinski definition) is 0. The molecular formula is C59H34N4OS. The van der Waals surface area contributed by atoms with E-state index in [1.807, 2.05) is 47.7 Å². The van der Waals surface area contributed by atoms with E-state index in [-0.39, 0.29) is 0 Å². The molecule has 0 saturated carbocycles. The SMILES string of the molecule is c1ccc(-c2nc(-c3ccc4c(c3)oc3ccccc34)nc(-c3ccc(-n4c5ccccc5c5cc6ccccc6cc54)cc3-c3cccc4sc5c6ccccc6ccc5c34)n2)cc1. The van der Waals surface area contributed by atoms with Crippen molar-refractivity contribution in [2.45, 2.75) is 0 Å². The Bertz CT molecular complexity index is 4260. The van der Waals surface area contributed by atoms with Crippen molar-refractivity contribution in [2.75, 3.05) is 0 Å². The highest BCUT2D eigenvalue weighted by atomic mass is 32.1. The molecule has 14 rings (SSSR count). The second kappa shape index (κ2) is 14.0. The van der Waals surface area contributed by atoms with Gasteiger partial charge in [0.2, 0.25) is 0 Å². The van der Waals surface area contributed by atoms with Crippen LogP contribution in [0.25, 0.3) is 136 Å². The molecule has 0 saturated heterocycles. The van der Waals surface area contributed by atoms with Gasteiger partial charge in [0.25, 0.3) is 0 Å². The molecule has 5 nitrogen and oxygen atoms in total. The van der Waals surface area contributed by atoms with Crippen LogP contribution < -0.4 is 0 Å². The van der Waals surface area contributed by atoms with Gasteiger partial charge in [-0.1, -0.05) is 146 Å². The van der Waals surface area contributed by atoms with Gasteiger partial charge < -0.3 is 8.98 Å². The third-order valence-corrected chi connectivity index (χ3v) is 14.2. The predicted octanol–water partition coefficient (Wildman–Crippen LogP) is 16.2. The highest BCUT2D eigenvalue weighted by Gasteiger charge is 2.22. The number of hydrogen-bond acceptors (Lipinski definition) is 5. The van der Waals surface area contributed by atoms with E-state index < -0.39 is 0 Å². The van der Waals surface area contributed by atoms with Gasteiger partial charge in [-0.3, -0.25) is 0 Å². The molecule has 0 spiro atoms. The van der Waals surface area contributed by atoms with Gasteiger partial charge in [-0.05, 0) is 93.3 Å². The summed E-state index contributed by atoms with van der Waals surface area (Å²) < 4.78 is 11.3. The largest absolute Gasteiger partial charge is 0.456 e. The first-order valence-electron chi connectivity index (χ1n) is 21.8. The first-order valence-corrected chi connectivity index (χ1v) is 22.7. The molecule has 4 heterocycles. The van der Waals surface area contributed by atoms with E-state index in [0.29, 0.717) is 17.5 Å². The minimum absolute atomic E-state index is 0.575. The molecule has 0 radical (unpaired) electrons. The van der Waals surface area contributed by atoms with Crippen molar-refractivity contribution in [3.8, 4) is 51.0 Å². The van der Waals surface area contributed by atoms with E-state index in [2.05, 4.69) is 174 Å². The maximum Gasteiger partial charge on any atom is 0.164 e. The van der Waals surface area contributed by atoms with Crippen molar-refractivity contribution in [1.29, 1.82) is 0 Å². The predicted molar refractivity (Wildman–Crippen MR) is 271 cm³/mol. The molecule has 0 aliphatic carbocycles. The zero-order valence-corrected chi connectivity index (χ0v) is 35.6. The normalized spacial score (nSPS) is 12.0. The summed E-state index contributed by atoms with van der Waals surface area (Å²) in [6, 6.07) is 73.4. The number of nitrogens with zero attached hydrogens (tertiary/aromatic N) is 4. The molecule has 0 atom stereocenters. The zero-order valence-electron chi connectivity index (χ0n) is 34.7. The number of rotatable bonds is 5. The fourth-order valence-electron chi connectivity index (χ4n) is 10.0. The smallest absolute Gasteiger partial charge is 0.164 e. The monoisotopic (exact) mass is 846 g/mol. The van der Waals surface area contributed by atoms with Crippen molar-refractivity contribution in [3.05, 3.63) is 206 Å². The standard InChI is InChI=1S/C59H34N4OS/c1-2-14-36(15-3-1)57-60-58(39-26-28-44-43-20-9-11-23-52(43)64-53(44)33-39)62-59(61-57)46-30-27-40(63-50-22-10-8-19-42(50)49-31-37-16-4-5-17-38(37)32-51(49)63)34-48(46)45-21-12-24-54-55(45)47-29-25-35-13-6-7-18-41(35)56(47)65-54/h1-34H. The van der Waals surface area contributed by atoms with Crippen LogP contribution >= 0.6 is 11.3 Å². The Morgan fingerprint density at radius 1 is 0.369 bits per heavy atom. The fraction of sp³-hybridized carbons (Fsp3) is 0. The maximum atomic E-state index is 6.38. The van der Waals surface area contributed by atoms with Crippen LogP contribution in [-0.4, -0.2) is 19.5 Å². The Morgan fingerprint density at radius 3 is 1.94 bits per heavy atom. The Balaban J connectivity index is 1.06. The molecule has 6 heteroatoms. The molecule has 0 aliphatic heterocycles. The van der Waals surface area contributed by atoms with Gasteiger partial charge in [0.15, 0.2) is 17.5 Å². The van der Waals surface area contributed by atoms with Crippen LogP contribution in [0, 0.1) is 0 Å². The highest BCUT2D eigenvalue weighted by molar-refractivity contribution is 7.26. The zero-order chi connectivity index (χ0) is 42.6. The summed E-state index contributed by atoms with van der Waals surface area (Å²) in [4.78, 5) is 15.9. The third-order valence-electron chi connectivity index (χ3n) is 13.0. The van der Waals surface area contributed by atoms with Gasteiger partial charge in [0.05, 0.1) is 11.0 Å². The number of fused-ring (bicyclic) bond motifs is 12. The van der Waals surface area contributed by atoms with Crippen molar-refractivity contribution >= 4 is 96.8 Å². The Labute approximate surface area is 376 Å². The number of benzene rings is 10. The molecule has 0 N–H and O–H groups in total. The van der Waals surface area contributed by atoms with E-state index in [1.165, 1.54) is 52.5 Å². The van der Waals surface area contributed by atoms with Crippen LogP contribution in [0.5, 0.6) is 0 Å². The molecule has 0 bridgehead atoms. The maximum absolute atomic E-state index is 6.38. The lowest BCUT2D eigenvalue weighted by Gasteiger charge is -2.16. The summed E-state index contributed by atoms with van der Waals surface area (Å²) in [6.45, 7) is 0. The van der Waals surface area contributed by atoms with Crippen molar-refractivity contribution in [1.82, 2.24) is 19.5 Å². The lowest BCUT2D eigenvalue weighted by atomic mass is 9.93. The molecule has 0 aliphatic rings. The van der Waals surface area contributed by atoms with Gasteiger partial charge in [-0.2, -0.15) is 0 Å². The molecule has 0 unspecified atom stereocenters. The second-order valence-corrected chi connectivity index (χ2v) is 17.8. The van der Waals surface area contributed by atoms with E-state index in [9.17, 15) is 0 Å². The van der Waals surface area contributed by atoms with Crippen LogP contribution in [0.4, 0.5) is 0 Å². The number of aromatic nitrogens is 4. The van der Waals surface area contributed by atoms with Crippen LogP contribution in [0.15, 0.2) is 211 Å². The average Bonchev–Trinajstić information content (AvgIpc) is 4.05. The average molecular weight is 847 g/mol. The van der Waals surface area contributed by atoms with E-state index in [1.54, 1.807) is 0 Å². The van der Waals surface area contributed by atoms with Crippen LogP contribution in [-0.2, 0) is 0 Å². The van der Waals surface area contributed by atoms with E-state index >= 15 is 0 Å². The molecule has 0 fully saturated rings. The lowest BCUT2D eigenvalue weighted by Crippen LogP contribution is -2.02. The minimum Gasteiger partial charge on any atom is -0.456 e. The number of furan rings is 1. The minimum atomic E-state index is 0.575. The van der Waals surface area contributed by atoms with Crippen LogP contribution in [0.1, 0.15) is 0 Å². The van der Waals surface area contributed by atoms with Gasteiger partial charge in [0.1, 0.15) is 11.2 Å². The molecular weight excluding hydrogens is 813 g/mol. The van der Waals surface area contributed by atoms with Gasteiger partial charge in [-0.15, -0.1) is 11.3 Å². The van der Waals surface area contributed by atoms with Crippen molar-refractivity contribution in [2.24, 2.45) is 0 Å². The fourth-order valence-corrected chi connectivity index (χ4v) is 11.3. The van der Waals surface area contributed by atoms with Crippen LogP contribution in [0.3, 0.4) is 0 Å². The van der Waals surface area contributed by atoms with Crippen molar-refractivity contribution in [3.63, 3.8) is 0 Å². The third kappa shape index (κ3) is 5.61. The molecule has 10 aromatic carbocycles. The van der Waals surface area contributed by atoms with Crippen molar-refractivity contribution < 1.29 is 4.42 Å². The highest BCUT2D eigenvalue weighted by Crippen LogP contribution is 2.46. The Kier molecular flexibility index (Phi) is 7.79. The first kappa shape index (κ1) is 36.1. The summed E-state index contributed by atoms with van der Waals surface area (Å²) in [5, 5.41) is 12.0. The second-order valence-electron chi connectivity index (χ2n) is 16.7. The number of thiophene rings is 1. The lowest BCUT2D eigenvalue weighted by molar-refractivity contribution is 0.669. The van der Waals surface area contributed by atoms with Gasteiger partial charge in [-0.25, -0.2) is 15.0 Å². The molecule has 65 heavy (non-hydrogen) atoms. The summed E-state index contributed by atoms with van der Waals surface area (Å²) in [5.41, 5.74) is 9.85. The first-order chi connectivity index (χ1) is 32.2. The summed E-state index contributed by atoms with van der Waals surface area (Å²) in [6.07, 6.45) is 0. The van der Waals surface area contributed by atoms with E-state index in [0.717, 1.165) is 66.5 Å². The van der Waals surface area contributed by atoms with E-state index in [4.69, 9.17) is 19.4 Å². The Hall–Kier alpha value is -8.45. The van der Waals surface area contributed by atoms with Gasteiger partial charge >= 0.3 is 0 Å². The van der Waals surface area contributed by atoms with Gasteiger partial charge in [0, 0.05) is 64.1 Å². The quantitative estimate of drug-likeness (QED) is 0.173. The Morgan fingerprint density at radius 2 is 1.06 bits per heavy atom. The topological polar surface area (TPSA) is 56.7 Å². The molecule has 0 amide bonds. The van der Waals surface area contributed by atoms with Crippen LogP contribution in [0.2, 0.25) is 0 Å². The molecule has 302 valence electrons.